The number of fused-ring (bicyclic) bond motifs is 1. The van der Waals surface area contributed by atoms with Gasteiger partial charge in [-0.15, -0.1) is 11.3 Å². The second-order valence-electron chi connectivity index (χ2n) is 9.11. The van der Waals surface area contributed by atoms with Gasteiger partial charge >= 0.3 is 6.09 Å². The highest BCUT2D eigenvalue weighted by molar-refractivity contribution is 7.16. The zero-order valence-electron chi connectivity index (χ0n) is 21.8. The van der Waals surface area contributed by atoms with E-state index in [2.05, 4.69) is 21.8 Å². The van der Waals surface area contributed by atoms with Crippen LogP contribution in [0.3, 0.4) is 0 Å². The number of nitrogens with one attached hydrogen (secondary N) is 2. The fraction of sp³-hybridized carbons (Fsp3) is 0.429. The lowest BCUT2D eigenvalue weighted by Gasteiger charge is -2.21. The summed E-state index contributed by atoms with van der Waals surface area (Å²) in [6.07, 6.45) is 4.34. The second kappa shape index (κ2) is 13.1. The van der Waals surface area contributed by atoms with Crippen LogP contribution in [-0.2, 0) is 41.9 Å². The Hall–Kier alpha value is -3.84. The normalized spacial score (nSPS) is 14.3. The molecule has 38 heavy (non-hydrogen) atoms. The van der Waals surface area contributed by atoms with Gasteiger partial charge in [0.05, 0.1) is 31.0 Å². The third-order valence-corrected chi connectivity index (χ3v) is 7.76. The van der Waals surface area contributed by atoms with Gasteiger partial charge < -0.3 is 20.1 Å². The summed E-state index contributed by atoms with van der Waals surface area (Å²) in [7, 11) is 0. The summed E-state index contributed by atoms with van der Waals surface area (Å²) in [6.45, 7) is 5.89. The molecule has 0 saturated heterocycles. The summed E-state index contributed by atoms with van der Waals surface area (Å²) >= 11 is 1.45. The van der Waals surface area contributed by atoms with Crippen LogP contribution < -0.4 is 15.4 Å². The van der Waals surface area contributed by atoms with Crippen LogP contribution in [0.5, 0.6) is 5.75 Å². The molecule has 1 unspecified atom stereocenters. The number of nitriles is 1. The fourth-order valence-electron chi connectivity index (χ4n) is 4.65. The van der Waals surface area contributed by atoms with Crippen molar-refractivity contribution in [2.75, 3.05) is 18.5 Å². The molecule has 0 saturated carbocycles. The zero-order chi connectivity index (χ0) is 26.9. The Balaban J connectivity index is 1.29. The third-order valence-electron chi connectivity index (χ3n) is 6.59. The van der Waals surface area contributed by atoms with Gasteiger partial charge in [0, 0.05) is 24.0 Å². The number of ether oxygens (including phenoxy) is 2. The molecule has 3 aromatic rings. The van der Waals surface area contributed by atoms with Crippen LogP contribution in [0.25, 0.3) is 0 Å². The van der Waals surface area contributed by atoms with E-state index in [1.54, 1.807) is 6.20 Å². The molecule has 1 aliphatic rings. The Morgan fingerprint density at radius 2 is 2.11 bits per heavy atom. The zero-order valence-corrected chi connectivity index (χ0v) is 22.6. The highest BCUT2D eigenvalue weighted by atomic mass is 32.1. The lowest BCUT2D eigenvalue weighted by atomic mass is 9.88. The molecule has 0 spiro atoms. The molecule has 0 radical (unpaired) electrons. The first-order chi connectivity index (χ1) is 18.5. The van der Waals surface area contributed by atoms with Crippen LogP contribution in [0, 0.1) is 17.2 Å². The first-order valence-electron chi connectivity index (χ1n) is 13.0. The smallest absolute Gasteiger partial charge is 0.407 e. The summed E-state index contributed by atoms with van der Waals surface area (Å²) in [5, 5.41) is 20.3. The number of hydrogen-bond donors (Lipinski definition) is 2. The van der Waals surface area contributed by atoms with Crippen molar-refractivity contribution in [3.63, 3.8) is 0 Å². The van der Waals surface area contributed by atoms with Gasteiger partial charge in [0.2, 0.25) is 5.91 Å². The summed E-state index contributed by atoms with van der Waals surface area (Å²) < 4.78 is 13.0. The molecule has 1 aromatic carbocycles. The van der Waals surface area contributed by atoms with Gasteiger partial charge in [-0.1, -0.05) is 18.2 Å². The molecule has 4 rings (SSSR count). The standard InChI is InChI=1S/C28H33N5O4S/c1-3-33-21(13-14-31-33)17-30-28(35)37-18-19-9-11-22-23(16-29)27(38-25(22)15-19)32-26(34)12-10-20-7-5-6-8-24(20)36-4-2/h5-8,13-14,19H,3-4,9-12,15,17-18H2,1-2H3,(H,30,35)(H,32,34). The second-order valence-corrected chi connectivity index (χ2v) is 10.2. The van der Waals surface area contributed by atoms with Crippen molar-refractivity contribution in [2.45, 2.75) is 59.0 Å². The predicted octanol–water partition coefficient (Wildman–Crippen LogP) is 4.84. The van der Waals surface area contributed by atoms with E-state index < -0.39 is 6.09 Å². The molecule has 0 bridgehead atoms. The highest BCUT2D eigenvalue weighted by Crippen LogP contribution is 2.39. The minimum absolute atomic E-state index is 0.132. The highest BCUT2D eigenvalue weighted by Gasteiger charge is 2.27. The Bertz CT molecular complexity index is 1310. The van der Waals surface area contributed by atoms with Gasteiger partial charge in [0.25, 0.3) is 0 Å². The molecule has 1 aliphatic carbocycles. The van der Waals surface area contributed by atoms with Crippen molar-refractivity contribution in [1.29, 1.82) is 5.26 Å². The molecule has 0 fully saturated rings. The van der Waals surface area contributed by atoms with Crippen LogP contribution in [0.4, 0.5) is 9.80 Å². The maximum atomic E-state index is 12.7. The van der Waals surface area contributed by atoms with Crippen LogP contribution in [0.2, 0.25) is 0 Å². The number of hydrogen-bond acceptors (Lipinski definition) is 7. The van der Waals surface area contributed by atoms with Crippen molar-refractivity contribution in [3.8, 4) is 11.8 Å². The molecule has 1 atom stereocenters. The van der Waals surface area contributed by atoms with Crippen molar-refractivity contribution in [3.05, 3.63) is 63.8 Å². The van der Waals surface area contributed by atoms with Gasteiger partial charge in [0.1, 0.15) is 16.8 Å². The average Bonchev–Trinajstić information content (AvgIpc) is 3.53. The Kier molecular flexibility index (Phi) is 9.38. The molecular weight excluding hydrogens is 502 g/mol. The van der Waals surface area contributed by atoms with Gasteiger partial charge in [-0.2, -0.15) is 10.4 Å². The predicted molar refractivity (Wildman–Crippen MR) is 145 cm³/mol. The monoisotopic (exact) mass is 535 g/mol. The lowest BCUT2D eigenvalue weighted by molar-refractivity contribution is -0.116. The molecule has 2 N–H and O–H groups in total. The van der Waals surface area contributed by atoms with E-state index in [1.807, 2.05) is 48.9 Å². The van der Waals surface area contributed by atoms with E-state index in [9.17, 15) is 14.9 Å². The molecule has 0 aliphatic heterocycles. The summed E-state index contributed by atoms with van der Waals surface area (Å²) in [4.78, 5) is 26.0. The Labute approximate surface area is 226 Å². The van der Waals surface area contributed by atoms with Gasteiger partial charge in [-0.3, -0.25) is 9.48 Å². The van der Waals surface area contributed by atoms with Crippen molar-refractivity contribution >= 4 is 28.3 Å². The van der Waals surface area contributed by atoms with E-state index in [0.29, 0.717) is 49.6 Å². The Morgan fingerprint density at radius 3 is 2.89 bits per heavy atom. The van der Waals surface area contributed by atoms with Crippen LogP contribution in [-0.4, -0.2) is 35.0 Å². The number of rotatable bonds is 11. The third kappa shape index (κ3) is 6.72. The molecular formula is C28H33N5O4S. The van der Waals surface area contributed by atoms with E-state index in [1.165, 1.54) is 11.3 Å². The molecule has 200 valence electrons. The topological polar surface area (TPSA) is 118 Å². The number of carbonyl (C=O) groups is 2. The quantitative estimate of drug-likeness (QED) is 0.363. The van der Waals surface area contributed by atoms with Gasteiger partial charge in [0.15, 0.2) is 0 Å². The molecule has 2 amide bonds. The maximum Gasteiger partial charge on any atom is 0.407 e. The number of benzene rings is 1. The number of para-hydroxylation sites is 1. The van der Waals surface area contributed by atoms with E-state index >= 15 is 0 Å². The molecule has 2 aromatic heterocycles. The largest absolute Gasteiger partial charge is 0.494 e. The number of amides is 2. The number of alkyl carbamates (subject to hydrolysis) is 1. The van der Waals surface area contributed by atoms with E-state index in [-0.39, 0.29) is 11.8 Å². The first kappa shape index (κ1) is 27.2. The number of carbonyl (C=O) groups excluding carboxylic acids is 2. The minimum Gasteiger partial charge on any atom is -0.494 e. The van der Waals surface area contributed by atoms with E-state index in [0.717, 1.165) is 46.8 Å². The Morgan fingerprint density at radius 1 is 1.26 bits per heavy atom. The first-order valence-corrected chi connectivity index (χ1v) is 13.8. The summed E-state index contributed by atoms with van der Waals surface area (Å²) in [5.41, 5.74) is 3.46. The SMILES string of the molecule is CCOc1ccccc1CCC(=O)Nc1sc2c(c1C#N)CCC(COC(=O)NCc1ccnn1CC)C2. The van der Waals surface area contributed by atoms with Crippen LogP contribution in [0.1, 0.15) is 54.0 Å². The summed E-state index contributed by atoms with van der Waals surface area (Å²) in [6, 6.07) is 11.9. The van der Waals surface area contributed by atoms with Crippen LogP contribution >= 0.6 is 11.3 Å². The molecule has 2 heterocycles. The number of nitrogens with zero attached hydrogens (tertiary/aromatic N) is 3. The van der Waals surface area contributed by atoms with Crippen molar-refractivity contribution < 1.29 is 19.1 Å². The number of aryl methyl sites for hydroxylation is 2. The fourth-order valence-corrected chi connectivity index (χ4v) is 5.98. The van der Waals surface area contributed by atoms with Crippen molar-refractivity contribution in [2.24, 2.45) is 5.92 Å². The van der Waals surface area contributed by atoms with Crippen molar-refractivity contribution in [1.82, 2.24) is 15.1 Å². The van der Waals surface area contributed by atoms with E-state index in [4.69, 9.17) is 9.47 Å². The average molecular weight is 536 g/mol. The molecule has 10 heteroatoms. The van der Waals surface area contributed by atoms with Gasteiger partial charge in [-0.25, -0.2) is 4.79 Å². The number of anilines is 1. The minimum atomic E-state index is -0.456. The van der Waals surface area contributed by atoms with Gasteiger partial charge in [-0.05, 0) is 68.7 Å². The lowest BCUT2D eigenvalue weighted by Crippen LogP contribution is -2.28. The number of thiophene rings is 1. The number of aromatic nitrogens is 2. The maximum absolute atomic E-state index is 12.7. The molecule has 9 nitrogen and oxygen atoms in total. The summed E-state index contributed by atoms with van der Waals surface area (Å²) in [5.74, 6) is 0.826. The van der Waals surface area contributed by atoms with Crippen LogP contribution in [0.15, 0.2) is 36.5 Å².